The first-order chi connectivity index (χ1) is 4.67. The van der Waals surface area contributed by atoms with Crippen molar-refractivity contribution in [1.29, 1.82) is 0 Å². The van der Waals surface area contributed by atoms with Gasteiger partial charge >= 0.3 is 0 Å². The van der Waals surface area contributed by atoms with Gasteiger partial charge in [0, 0.05) is 5.92 Å². The lowest BCUT2D eigenvalue weighted by Gasteiger charge is -2.09. The fraction of sp³-hybridized carbons (Fsp3) is 0.625. The highest BCUT2D eigenvalue weighted by Gasteiger charge is 2.55. The maximum atomic E-state index is 11.0. The van der Waals surface area contributed by atoms with Crippen LogP contribution < -0.4 is 5.32 Å². The summed E-state index contributed by atoms with van der Waals surface area (Å²) in [4.78, 5) is 11.0. The van der Waals surface area contributed by atoms with E-state index in [4.69, 9.17) is 0 Å². The van der Waals surface area contributed by atoms with Crippen molar-refractivity contribution in [1.82, 2.24) is 5.32 Å². The van der Waals surface area contributed by atoms with E-state index in [1.807, 2.05) is 13.1 Å². The number of rotatable bonds is 3. The summed E-state index contributed by atoms with van der Waals surface area (Å²) in [6.07, 6.45) is 2.76. The Balaban J connectivity index is 2.67. The molecule has 1 unspecified atom stereocenters. The number of Topliss-reactive ketones (excluding diaryl/α,β-unsaturated/α-hetero) is 1. The molecule has 0 aromatic heterocycles. The second kappa shape index (κ2) is 2.20. The van der Waals surface area contributed by atoms with Crippen LogP contribution in [0.2, 0.25) is 0 Å². The van der Waals surface area contributed by atoms with E-state index < -0.39 is 0 Å². The van der Waals surface area contributed by atoms with Crippen molar-refractivity contribution in [3.63, 3.8) is 0 Å². The molecule has 1 aliphatic carbocycles. The minimum absolute atomic E-state index is 0.222. The summed E-state index contributed by atoms with van der Waals surface area (Å²) < 4.78 is 0. The monoisotopic (exact) mass is 139 g/mol. The fourth-order valence-electron chi connectivity index (χ4n) is 1.44. The van der Waals surface area contributed by atoms with Crippen molar-refractivity contribution >= 4 is 5.78 Å². The molecular formula is C8H13NO. The molecule has 0 amide bonds. The molecule has 0 radical (unpaired) electrons. The Labute approximate surface area is 61.3 Å². The minimum atomic E-state index is -0.248. The zero-order valence-corrected chi connectivity index (χ0v) is 6.48. The number of hydrogen-bond donors (Lipinski definition) is 1. The van der Waals surface area contributed by atoms with Crippen LogP contribution in [-0.4, -0.2) is 18.4 Å². The first-order valence-corrected chi connectivity index (χ1v) is 3.50. The molecule has 2 heteroatoms. The Kier molecular flexibility index (Phi) is 1.65. The molecule has 1 rings (SSSR count). The lowest BCUT2D eigenvalue weighted by atomic mass is 10.1. The van der Waals surface area contributed by atoms with Crippen molar-refractivity contribution in [2.75, 3.05) is 7.05 Å². The van der Waals surface area contributed by atoms with Gasteiger partial charge in [0.05, 0.1) is 5.54 Å². The smallest absolute Gasteiger partial charge is 0.150 e. The Hall–Kier alpha value is -0.630. The maximum Gasteiger partial charge on any atom is 0.150 e. The van der Waals surface area contributed by atoms with E-state index in [2.05, 4.69) is 11.9 Å². The third-order valence-electron chi connectivity index (χ3n) is 2.37. The fourth-order valence-corrected chi connectivity index (χ4v) is 1.44. The van der Waals surface area contributed by atoms with Gasteiger partial charge in [0.1, 0.15) is 5.78 Å². The summed E-state index contributed by atoms with van der Waals surface area (Å²) in [6.45, 7) is 5.28. The lowest BCUT2D eigenvalue weighted by molar-refractivity contribution is -0.120. The van der Waals surface area contributed by atoms with Crippen LogP contribution in [0.3, 0.4) is 0 Å². The van der Waals surface area contributed by atoms with Gasteiger partial charge in [0.15, 0.2) is 0 Å². The summed E-state index contributed by atoms with van der Waals surface area (Å²) in [5, 5.41) is 3.03. The summed E-state index contributed by atoms with van der Waals surface area (Å²) in [5.41, 5.74) is -0.248. The molecule has 1 saturated carbocycles. The van der Waals surface area contributed by atoms with Crippen LogP contribution in [0.4, 0.5) is 0 Å². The number of hydrogen-bond acceptors (Lipinski definition) is 2. The first-order valence-electron chi connectivity index (χ1n) is 3.50. The maximum absolute atomic E-state index is 11.0. The molecule has 0 aromatic rings. The summed E-state index contributed by atoms with van der Waals surface area (Å²) in [5.74, 6) is 0.579. The van der Waals surface area contributed by atoms with Gasteiger partial charge in [-0.3, -0.25) is 4.79 Å². The average molecular weight is 139 g/mol. The van der Waals surface area contributed by atoms with Crippen LogP contribution in [0.15, 0.2) is 12.7 Å². The van der Waals surface area contributed by atoms with Gasteiger partial charge in [-0.25, -0.2) is 0 Å². The van der Waals surface area contributed by atoms with Gasteiger partial charge in [-0.2, -0.15) is 0 Å². The molecule has 0 heterocycles. The van der Waals surface area contributed by atoms with Crippen LogP contribution in [-0.2, 0) is 4.79 Å². The normalized spacial score (nSPS) is 37.2. The topological polar surface area (TPSA) is 29.1 Å². The standard InChI is InChI=1S/C8H13NO/c1-4-7-5-8(7,9-3)6(2)10/h4,7,9H,1,5H2,2-3H3/t7?,8-/m0/s1. The van der Waals surface area contributed by atoms with E-state index in [-0.39, 0.29) is 11.3 Å². The number of ketones is 1. The van der Waals surface area contributed by atoms with Crippen LogP contribution >= 0.6 is 0 Å². The Bertz CT molecular complexity index is 176. The highest BCUT2D eigenvalue weighted by Crippen LogP contribution is 2.44. The highest BCUT2D eigenvalue weighted by atomic mass is 16.1. The Morgan fingerprint density at radius 2 is 2.50 bits per heavy atom. The molecule has 0 saturated heterocycles. The van der Waals surface area contributed by atoms with E-state index in [1.54, 1.807) is 6.92 Å². The number of nitrogens with one attached hydrogen (secondary N) is 1. The zero-order valence-electron chi connectivity index (χ0n) is 6.48. The Morgan fingerprint density at radius 3 is 2.60 bits per heavy atom. The lowest BCUT2D eigenvalue weighted by Crippen LogP contribution is -2.36. The predicted octanol–water partition coefficient (Wildman–Crippen LogP) is 0.739. The van der Waals surface area contributed by atoms with E-state index in [0.717, 1.165) is 6.42 Å². The van der Waals surface area contributed by atoms with E-state index in [1.165, 1.54) is 0 Å². The average Bonchev–Trinajstić information content (AvgIpc) is 2.62. The quantitative estimate of drug-likeness (QED) is 0.584. The minimum Gasteiger partial charge on any atom is -0.308 e. The van der Waals surface area contributed by atoms with Gasteiger partial charge in [0.2, 0.25) is 0 Å². The van der Waals surface area contributed by atoms with Crippen LogP contribution in [0.1, 0.15) is 13.3 Å². The van der Waals surface area contributed by atoms with Crippen molar-refractivity contribution in [2.45, 2.75) is 18.9 Å². The number of likely N-dealkylation sites (N-methyl/N-ethyl adjacent to an activating group) is 1. The molecule has 1 fully saturated rings. The van der Waals surface area contributed by atoms with Gasteiger partial charge in [-0.05, 0) is 20.4 Å². The SMILES string of the molecule is C=CC1C[C@]1(NC)C(C)=O. The number of carbonyl (C=O) groups is 1. The Morgan fingerprint density at radius 1 is 1.90 bits per heavy atom. The van der Waals surface area contributed by atoms with Crippen molar-refractivity contribution in [3.8, 4) is 0 Å². The van der Waals surface area contributed by atoms with Gasteiger partial charge in [-0.1, -0.05) is 6.08 Å². The largest absolute Gasteiger partial charge is 0.308 e. The molecule has 1 aliphatic rings. The molecule has 0 spiro atoms. The molecule has 0 bridgehead atoms. The number of carbonyl (C=O) groups excluding carboxylic acids is 1. The van der Waals surface area contributed by atoms with Crippen LogP contribution in [0.5, 0.6) is 0 Å². The van der Waals surface area contributed by atoms with Gasteiger partial charge < -0.3 is 5.32 Å². The molecule has 0 aromatic carbocycles. The molecular weight excluding hydrogens is 126 g/mol. The third kappa shape index (κ3) is 0.797. The molecule has 2 nitrogen and oxygen atoms in total. The molecule has 56 valence electrons. The van der Waals surface area contributed by atoms with E-state index >= 15 is 0 Å². The zero-order chi connectivity index (χ0) is 7.78. The van der Waals surface area contributed by atoms with Crippen LogP contribution in [0.25, 0.3) is 0 Å². The first kappa shape index (κ1) is 7.48. The van der Waals surface area contributed by atoms with Crippen LogP contribution in [0, 0.1) is 5.92 Å². The van der Waals surface area contributed by atoms with Crippen molar-refractivity contribution < 1.29 is 4.79 Å². The molecule has 10 heavy (non-hydrogen) atoms. The third-order valence-corrected chi connectivity index (χ3v) is 2.37. The van der Waals surface area contributed by atoms with Crippen molar-refractivity contribution in [3.05, 3.63) is 12.7 Å². The molecule has 2 atom stereocenters. The summed E-state index contributed by atoms with van der Waals surface area (Å²) in [7, 11) is 1.82. The summed E-state index contributed by atoms with van der Waals surface area (Å²) >= 11 is 0. The molecule has 1 N–H and O–H groups in total. The predicted molar refractivity (Wildman–Crippen MR) is 40.8 cm³/mol. The molecule has 0 aliphatic heterocycles. The second-order valence-corrected chi connectivity index (χ2v) is 2.82. The van der Waals surface area contributed by atoms with E-state index in [9.17, 15) is 4.79 Å². The van der Waals surface area contributed by atoms with Crippen molar-refractivity contribution in [2.24, 2.45) is 5.92 Å². The van der Waals surface area contributed by atoms with Gasteiger partial charge in [0.25, 0.3) is 0 Å². The van der Waals surface area contributed by atoms with Gasteiger partial charge in [-0.15, -0.1) is 6.58 Å². The summed E-state index contributed by atoms with van der Waals surface area (Å²) in [6, 6.07) is 0. The highest BCUT2D eigenvalue weighted by molar-refractivity contribution is 5.90. The van der Waals surface area contributed by atoms with E-state index in [0.29, 0.717) is 5.92 Å². The second-order valence-electron chi connectivity index (χ2n) is 2.82.